The standard InChI is InChI=1S/C26H27ClN2O4/c1-16-4-6-18(7-5-16)23-22-24(30)19-15-20(27)17(2)14-21(19)33-25(22)26(31)29(23)9-3-8-28-10-12-32-13-11-28/h4-7,14-15,23H,3,8-13H2,1-2H3. The van der Waals surface area contributed by atoms with Crippen LogP contribution in [0.3, 0.4) is 0 Å². The number of fused-ring (bicyclic) bond motifs is 2. The van der Waals surface area contributed by atoms with E-state index in [0.29, 0.717) is 28.1 Å². The van der Waals surface area contributed by atoms with E-state index in [1.165, 1.54) is 0 Å². The third kappa shape index (κ3) is 4.07. The monoisotopic (exact) mass is 466 g/mol. The molecule has 172 valence electrons. The lowest BCUT2D eigenvalue weighted by atomic mass is 9.97. The van der Waals surface area contributed by atoms with Crippen molar-refractivity contribution in [3.05, 3.63) is 79.7 Å². The Kier molecular flexibility index (Phi) is 5.99. The molecule has 0 saturated carbocycles. The zero-order valence-electron chi connectivity index (χ0n) is 18.9. The lowest BCUT2D eigenvalue weighted by Crippen LogP contribution is -2.38. The summed E-state index contributed by atoms with van der Waals surface area (Å²) >= 11 is 6.31. The maximum atomic E-state index is 13.6. The molecule has 1 aromatic heterocycles. The van der Waals surface area contributed by atoms with Crippen LogP contribution in [-0.2, 0) is 4.74 Å². The second kappa shape index (κ2) is 8.93. The number of aryl methyl sites for hydroxylation is 2. The highest BCUT2D eigenvalue weighted by molar-refractivity contribution is 6.32. The summed E-state index contributed by atoms with van der Waals surface area (Å²) in [6, 6.07) is 10.9. The van der Waals surface area contributed by atoms with Crippen molar-refractivity contribution in [1.29, 1.82) is 0 Å². The SMILES string of the molecule is Cc1ccc(C2c3c(oc4cc(C)c(Cl)cc4c3=O)C(=O)N2CCCN2CCOCC2)cc1. The van der Waals surface area contributed by atoms with E-state index in [9.17, 15) is 9.59 Å². The van der Waals surface area contributed by atoms with Crippen LogP contribution in [-0.4, -0.2) is 55.1 Å². The molecule has 2 aliphatic rings. The van der Waals surface area contributed by atoms with Gasteiger partial charge in [-0.15, -0.1) is 0 Å². The van der Waals surface area contributed by atoms with Crippen LogP contribution in [0.1, 0.15) is 45.3 Å². The number of rotatable bonds is 5. The second-order valence-corrected chi connectivity index (χ2v) is 9.30. The van der Waals surface area contributed by atoms with Gasteiger partial charge in [-0.05, 0) is 43.5 Å². The number of benzene rings is 2. The topological polar surface area (TPSA) is 63.0 Å². The molecule has 5 rings (SSSR count). The third-order valence-corrected chi connectivity index (χ3v) is 7.02. The second-order valence-electron chi connectivity index (χ2n) is 8.89. The summed E-state index contributed by atoms with van der Waals surface area (Å²) in [7, 11) is 0. The van der Waals surface area contributed by atoms with E-state index >= 15 is 0 Å². The van der Waals surface area contributed by atoms with Gasteiger partial charge in [-0.2, -0.15) is 0 Å². The number of amides is 1. The Bertz CT molecular complexity index is 1260. The highest BCUT2D eigenvalue weighted by Crippen LogP contribution is 2.38. The van der Waals surface area contributed by atoms with Crippen molar-refractivity contribution in [3.8, 4) is 0 Å². The minimum absolute atomic E-state index is 0.145. The summed E-state index contributed by atoms with van der Waals surface area (Å²) in [5.41, 5.74) is 3.44. The molecule has 7 heteroatoms. The molecule has 33 heavy (non-hydrogen) atoms. The summed E-state index contributed by atoms with van der Waals surface area (Å²) in [6.45, 7) is 8.58. The first-order valence-corrected chi connectivity index (χ1v) is 11.8. The molecule has 1 unspecified atom stereocenters. The van der Waals surface area contributed by atoms with Gasteiger partial charge < -0.3 is 14.1 Å². The number of halogens is 1. The van der Waals surface area contributed by atoms with E-state index in [2.05, 4.69) is 4.90 Å². The Morgan fingerprint density at radius 3 is 2.48 bits per heavy atom. The van der Waals surface area contributed by atoms with Gasteiger partial charge >= 0.3 is 0 Å². The molecular formula is C26H27ClN2O4. The zero-order chi connectivity index (χ0) is 23.1. The molecule has 1 amide bonds. The Hall–Kier alpha value is -2.67. The van der Waals surface area contributed by atoms with Crippen LogP contribution >= 0.6 is 11.6 Å². The number of hydrogen-bond donors (Lipinski definition) is 0. The molecule has 0 radical (unpaired) electrons. The smallest absolute Gasteiger partial charge is 0.290 e. The number of carbonyl (C=O) groups excluding carboxylic acids is 1. The number of nitrogens with zero attached hydrogens (tertiary/aromatic N) is 2. The van der Waals surface area contributed by atoms with Gasteiger partial charge in [0.2, 0.25) is 5.76 Å². The van der Waals surface area contributed by atoms with Gasteiger partial charge in [-0.25, -0.2) is 0 Å². The molecule has 0 bridgehead atoms. The number of morpholine rings is 1. The zero-order valence-corrected chi connectivity index (χ0v) is 19.7. The average molecular weight is 467 g/mol. The van der Waals surface area contributed by atoms with Gasteiger partial charge in [-0.1, -0.05) is 41.4 Å². The number of hydrogen-bond acceptors (Lipinski definition) is 5. The molecular weight excluding hydrogens is 440 g/mol. The first kappa shape index (κ1) is 22.1. The van der Waals surface area contributed by atoms with E-state index in [1.807, 2.05) is 38.1 Å². The van der Waals surface area contributed by atoms with E-state index in [4.69, 9.17) is 20.8 Å². The Morgan fingerprint density at radius 2 is 1.76 bits per heavy atom. The molecule has 1 atom stereocenters. The van der Waals surface area contributed by atoms with Crippen molar-refractivity contribution < 1.29 is 13.9 Å². The van der Waals surface area contributed by atoms with Crippen molar-refractivity contribution in [2.45, 2.75) is 26.3 Å². The lowest BCUT2D eigenvalue weighted by molar-refractivity contribution is 0.0353. The number of carbonyl (C=O) groups is 1. The summed E-state index contributed by atoms with van der Waals surface area (Å²) in [5, 5.41) is 0.915. The summed E-state index contributed by atoms with van der Waals surface area (Å²) in [5.74, 6) is -0.0877. The fourth-order valence-electron chi connectivity index (χ4n) is 4.76. The summed E-state index contributed by atoms with van der Waals surface area (Å²) in [6.07, 6.45) is 0.806. The van der Waals surface area contributed by atoms with Crippen molar-refractivity contribution in [2.75, 3.05) is 39.4 Å². The van der Waals surface area contributed by atoms with Gasteiger partial charge in [0, 0.05) is 31.2 Å². The van der Waals surface area contributed by atoms with Gasteiger partial charge in [-0.3, -0.25) is 14.5 Å². The Labute approximate surface area is 197 Å². The Balaban J connectivity index is 1.55. The highest BCUT2D eigenvalue weighted by Gasteiger charge is 2.42. The predicted octanol–water partition coefficient (Wildman–Crippen LogP) is 4.33. The van der Waals surface area contributed by atoms with Crippen molar-refractivity contribution in [3.63, 3.8) is 0 Å². The predicted molar refractivity (Wildman–Crippen MR) is 128 cm³/mol. The third-order valence-electron chi connectivity index (χ3n) is 6.62. The molecule has 0 N–H and O–H groups in total. The molecule has 0 aliphatic carbocycles. The molecule has 0 spiro atoms. The lowest BCUT2D eigenvalue weighted by Gasteiger charge is -2.29. The van der Waals surface area contributed by atoms with E-state index < -0.39 is 6.04 Å². The first-order valence-electron chi connectivity index (χ1n) is 11.4. The van der Waals surface area contributed by atoms with E-state index in [1.54, 1.807) is 17.0 Å². The van der Waals surface area contributed by atoms with Crippen LogP contribution in [0.15, 0.2) is 45.6 Å². The fourth-order valence-corrected chi connectivity index (χ4v) is 4.92. The van der Waals surface area contributed by atoms with Crippen LogP contribution in [0.4, 0.5) is 0 Å². The maximum absolute atomic E-state index is 13.6. The molecule has 2 aromatic carbocycles. The van der Waals surface area contributed by atoms with Crippen LogP contribution in [0.5, 0.6) is 0 Å². The van der Waals surface area contributed by atoms with Crippen molar-refractivity contribution in [1.82, 2.24) is 9.80 Å². The van der Waals surface area contributed by atoms with Gasteiger partial charge in [0.25, 0.3) is 5.91 Å². The highest BCUT2D eigenvalue weighted by atomic mass is 35.5. The molecule has 1 fully saturated rings. The van der Waals surface area contributed by atoms with Gasteiger partial charge in [0.1, 0.15) is 5.58 Å². The van der Waals surface area contributed by atoms with Crippen molar-refractivity contribution >= 4 is 28.5 Å². The van der Waals surface area contributed by atoms with Crippen molar-refractivity contribution in [2.24, 2.45) is 0 Å². The van der Waals surface area contributed by atoms with Crippen LogP contribution in [0.2, 0.25) is 5.02 Å². The number of ether oxygens (including phenoxy) is 1. The van der Waals surface area contributed by atoms with E-state index in [-0.39, 0.29) is 17.1 Å². The Morgan fingerprint density at radius 1 is 1.03 bits per heavy atom. The van der Waals surface area contributed by atoms with Gasteiger partial charge in [0.05, 0.1) is 30.2 Å². The molecule has 2 aliphatic heterocycles. The average Bonchev–Trinajstić information content (AvgIpc) is 3.09. The normalized spacial score (nSPS) is 18.8. The summed E-state index contributed by atoms with van der Waals surface area (Å²) < 4.78 is 11.5. The summed E-state index contributed by atoms with van der Waals surface area (Å²) in [4.78, 5) is 31.3. The molecule has 1 saturated heterocycles. The van der Waals surface area contributed by atoms with Crippen LogP contribution < -0.4 is 5.43 Å². The van der Waals surface area contributed by atoms with Crippen LogP contribution in [0.25, 0.3) is 11.0 Å². The molecule has 3 aromatic rings. The fraction of sp³-hybridized carbons (Fsp3) is 0.385. The quantitative estimate of drug-likeness (QED) is 0.560. The first-order chi connectivity index (χ1) is 15.9. The van der Waals surface area contributed by atoms with E-state index in [0.717, 1.165) is 56.0 Å². The minimum Gasteiger partial charge on any atom is -0.450 e. The maximum Gasteiger partial charge on any atom is 0.290 e. The van der Waals surface area contributed by atoms with Crippen LogP contribution in [0, 0.1) is 13.8 Å². The minimum atomic E-state index is -0.474. The molecule has 3 heterocycles. The van der Waals surface area contributed by atoms with Gasteiger partial charge in [0.15, 0.2) is 5.43 Å². The molecule has 6 nitrogen and oxygen atoms in total. The largest absolute Gasteiger partial charge is 0.450 e.